The largest absolute Gasteiger partial charge is 0.342 e. The van der Waals surface area contributed by atoms with Crippen LogP contribution >= 0.6 is 0 Å². The normalized spacial score (nSPS) is 12.6. The summed E-state index contributed by atoms with van der Waals surface area (Å²) in [4.78, 5) is 27.0. The summed E-state index contributed by atoms with van der Waals surface area (Å²) in [6.07, 6.45) is 0. The van der Waals surface area contributed by atoms with Gasteiger partial charge in [0.2, 0.25) is 0 Å². The van der Waals surface area contributed by atoms with E-state index < -0.39 is 0 Å². The van der Waals surface area contributed by atoms with Crippen molar-refractivity contribution in [2.75, 3.05) is 0 Å². The van der Waals surface area contributed by atoms with Crippen molar-refractivity contribution in [3.8, 4) is 22.5 Å². The van der Waals surface area contributed by atoms with E-state index in [4.69, 9.17) is 0 Å². The lowest BCUT2D eigenvalue weighted by molar-refractivity contribution is 0.0981. The number of aromatic nitrogens is 1. The highest BCUT2D eigenvalue weighted by Gasteiger charge is 2.37. The lowest BCUT2D eigenvalue weighted by atomic mass is 9.83. The maximum atomic E-state index is 13.5. The molecule has 134 valence electrons. The van der Waals surface area contributed by atoms with Gasteiger partial charge in [-0.05, 0) is 11.1 Å². The topological polar surface area (TPSA) is 39.1 Å². The van der Waals surface area contributed by atoms with Gasteiger partial charge in [0, 0.05) is 18.2 Å². The smallest absolute Gasteiger partial charge is 0.196 e. The summed E-state index contributed by atoms with van der Waals surface area (Å²) < 4.78 is 1.98. The number of hydrogen-bond donors (Lipinski definition) is 0. The number of rotatable bonds is 2. The number of nitrogens with zero attached hydrogens (tertiary/aromatic N) is 1. The van der Waals surface area contributed by atoms with Crippen LogP contribution in [0.2, 0.25) is 0 Å². The van der Waals surface area contributed by atoms with Gasteiger partial charge >= 0.3 is 0 Å². The van der Waals surface area contributed by atoms with Crippen LogP contribution in [0.15, 0.2) is 84.9 Å². The van der Waals surface area contributed by atoms with Crippen molar-refractivity contribution in [2.24, 2.45) is 7.05 Å². The van der Waals surface area contributed by atoms with Crippen LogP contribution in [-0.2, 0) is 7.05 Å². The van der Waals surface area contributed by atoms with Crippen molar-refractivity contribution in [3.05, 3.63) is 107 Å². The molecule has 0 N–H and O–H groups in total. The number of fused-ring (bicyclic) bond motifs is 2. The highest BCUT2D eigenvalue weighted by molar-refractivity contribution is 6.32. The van der Waals surface area contributed by atoms with E-state index in [1.165, 1.54) is 0 Å². The van der Waals surface area contributed by atoms with E-state index in [9.17, 15) is 9.59 Å². The molecule has 3 aromatic carbocycles. The number of carbonyl (C=O) groups excluding carboxylic acids is 2. The quantitative estimate of drug-likeness (QED) is 0.436. The summed E-state index contributed by atoms with van der Waals surface area (Å²) in [6, 6.07) is 26.6. The monoisotopic (exact) mass is 363 g/mol. The molecule has 0 aliphatic heterocycles. The van der Waals surface area contributed by atoms with Crippen LogP contribution < -0.4 is 0 Å². The minimum absolute atomic E-state index is 0.0955. The third-order valence-corrected chi connectivity index (χ3v) is 5.36. The molecule has 0 unspecified atom stereocenters. The zero-order chi connectivity index (χ0) is 19.3. The van der Waals surface area contributed by atoms with Gasteiger partial charge in [-0.3, -0.25) is 9.59 Å². The first-order valence-corrected chi connectivity index (χ1v) is 9.20. The Morgan fingerprint density at radius 3 is 1.29 bits per heavy atom. The second-order valence-corrected chi connectivity index (χ2v) is 6.94. The van der Waals surface area contributed by atoms with Gasteiger partial charge in [0.15, 0.2) is 11.6 Å². The van der Waals surface area contributed by atoms with Gasteiger partial charge in [-0.25, -0.2) is 0 Å². The van der Waals surface area contributed by atoms with Crippen molar-refractivity contribution >= 4 is 11.6 Å². The second-order valence-electron chi connectivity index (χ2n) is 6.94. The fourth-order valence-corrected chi connectivity index (χ4v) is 4.14. The van der Waals surface area contributed by atoms with Crippen molar-refractivity contribution in [2.45, 2.75) is 0 Å². The van der Waals surface area contributed by atoms with Crippen LogP contribution in [0.4, 0.5) is 0 Å². The molecule has 3 heteroatoms. The van der Waals surface area contributed by atoms with E-state index in [1.807, 2.05) is 72.3 Å². The minimum Gasteiger partial charge on any atom is -0.342 e. The lowest BCUT2D eigenvalue weighted by Crippen LogP contribution is -2.20. The van der Waals surface area contributed by atoms with Crippen LogP contribution in [0, 0.1) is 0 Å². The highest BCUT2D eigenvalue weighted by atomic mass is 16.1. The average molecular weight is 363 g/mol. The molecule has 0 spiro atoms. The van der Waals surface area contributed by atoms with Gasteiger partial charge in [0.05, 0.1) is 22.5 Å². The van der Waals surface area contributed by atoms with E-state index in [2.05, 4.69) is 0 Å². The minimum atomic E-state index is -0.0955. The van der Waals surface area contributed by atoms with Gasteiger partial charge < -0.3 is 4.57 Å². The van der Waals surface area contributed by atoms with Gasteiger partial charge in [-0.15, -0.1) is 0 Å². The maximum absolute atomic E-state index is 13.5. The predicted molar refractivity (Wildman–Crippen MR) is 110 cm³/mol. The molecular formula is C25H17NO2. The summed E-state index contributed by atoms with van der Waals surface area (Å²) in [5, 5.41) is 0. The molecule has 0 saturated carbocycles. The summed E-state index contributed by atoms with van der Waals surface area (Å²) in [6.45, 7) is 0. The Hall–Kier alpha value is -3.72. The first-order valence-electron chi connectivity index (χ1n) is 9.20. The second kappa shape index (κ2) is 6.17. The average Bonchev–Trinajstić information content (AvgIpc) is 3.06. The van der Waals surface area contributed by atoms with Crippen LogP contribution in [0.1, 0.15) is 31.8 Å². The molecule has 1 aromatic heterocycles. The molecule has 0 amide bonds. The van der Waals surface area contributed by atoms with Crippen molar-refractivity contribution < 1.29 is 9.59 Å². The maximum Gasteiger partial charge on any atom is 0.196 e. The van der Waals surface area contributed by atoms with E-state index in [0.717, 1.165) is 22.5 Å². The number of hydrogen-bond acceptors (Lipinski definition) is 2. The predicted octanol–water partition coefficient (Wildman–Crippen LogP) is 5.13. The Morgan fingerprint density at radius 1 is 0.536 bits per heavy atom. The van der Waals surface area contributed by atoms with E-state index in [0.29, 0.717) is 22.3 Å². The number of ketones is 2. The van der Waals surface area contributed by atoms with Crippen LogP contribution in [0.5, 0.6) is 0 Å². The van der Waals surface area contributed by atoms with E-state index >= 15 is 0 Å². The first kappa shape index (κ1) is 16.5. The Morgan fingerprint density at radius 2 is 0.893 bits per heavy atom. The molecule has 0 fully saturated rings. The number of benzene rings is 3. The molecule has 5 rings (SSSR count). The molecule has 1 aliphatic carbocycles. The van der Waals surface area contributed by atoms with E-state index in [1.54, 1.807) is 24.3 Å². The Balaban J connectivity index is 1.91. The molecule has 3 nitrogen and oxygen atoms in total. The fraction of sp³-hybridized carbons (Fsp3) is 0.0400. The summed E-state index contributed by atoms with van der Waals surface area (Å²) in [5.41, 5.74) is 5.34. The van der Waals surface area contributed by atoms with Crippen LogP contribution in [0.25, 0.3) is 22.5 Å². The molecule has 0 saturated heterocycles. The lowest BCUT2D eigenvalue weighted by Gasteiger charge is -2.16. The van der Waals surface area contributed by atoms with Crippen molar-refractivity contribution in [3.63, 3.8) is 0 Å². The van der Waals surface area contributed by atoms with Gasteiger partial charge in [-0.2, -0.15) is 0 Å². The fourth-order valence-electron chi connectivity index (χ4n) is 4.14. The standard InChI is InChI=1S/C25H17NO2/c1-26-22(16-10-4-2-5-11-16)20-21(23(26)17-12-6-3-7-13-17)25(28)19-15-9-8-14-18(19)24(20)27/h2-15H,1H3. The highest BCUT2D eigenvalue weighted by Crippen LogP contribution is 2.41. The summed E-state index contributed by atoms with van der Waals surface area (Å²) in [7, 11) is 1.92. The molecule has 0 bridgehead atoms. The summed E-state index contributed by atoms with van der Waals surface area (Å²) >= 11 is 0. The van der Waals surface area contributed by atoms with E-state index in [-0.39, 0.29) is 11.6 Å². The Kier molecular flexibility index (Phi) is 3.63. The molecule has 28 heavy (non-hydrogen) atoms. The molecular weight excluding hydrogens is 346 g/mol. The van der Waals surface area contributed by atoms with Gasteiger partial charge in [-0.1, -0.05) is 84.9 Å². The number of carbonyl (C=O) groups is 2. The third-order valence-electron chi connectivity index (χ3n) is 5.36. The molecule has 0 atom stereocenters. The molecule has 1 heterocycles. The van der Waals surface area contributed by atoms with Crippen LogP contribution in [-0.4, -0.2) is 16.1 Å². The SMILES string of the molecule is Cn1c(-c2ccccc2)c2c(c1-c1ccccc1)C(=O)c1ccccc1C2=O. The molecule has 1 aliphatic rings. The zero-order valence-corrected chi connectivity index (χ0v) is 15.3. The Labute approximate surface area is 162 Å². The van der Waals surface area contributed by atoms with Crippen molar-refractivity contribution in [1.29, 1.82) is 0 Å². The Bertz CT molecular complexity index is 1140. The zero-order valence-electron chi connectivity index (χ0n) is 15.3. The first-order chi connectivity index (χ1) is 13.7. The molecule has 4 aromatic rings. The van der Waals surface area contributed by atoms with Gasteiger partial charge in [0.25, 0.3) is 0 Å². The third kappa shape index (κ3) is 2.23. The van der Waals surface area contributed by atoms with Crippen molar-refractivity contribution in [1.82, 2.24) is 4.57 Å². The van der Waals surface area contributed by atoms with Crippen LogP contribution in [0.3, 0.4) is 0 Å². The summed E-state index contributed by atoms with van der Waals surface area (Å²) in [5.74, 6) is -0.191. The molecule has 0 radical (unpaired) electrons. The van der Waals surface area contributed by atoms with Gasteiger partial charge in [0.1, 0.15) is 0 Å².